The number of sulfone groups is 1. The van der Waals surface area contributed by atoms with Crippen molar-refractivity contribution in [3.63, 3.8) is 0 Å². The van der Waals surface area contributed by atoms with E-state index in [1.807, 2.05) is 6.92 Å². The third-order valence-corrected chi connectivity index (χ3v) is 15.8. The minimum absolute atomic E-state index is 0.0833. The second-order valence-electron chi connectivity index (χ2n) is 18.3. The first-order chi connectivity index (χ1) is 23.8. The van der Waals surface area contributed by atoms with Gasteiger partial charge in [-0.05, 0) is 88.4 Å². The Morgan fingerprint density at radius 1 is 0.863 bits per heavy atom. The van der Waals surface area contributed by atoms with Gasteiger partial charge in [-0.15, -0.1) is 0 Å². The van der Waals surface area contributed by atoms with Crippen LogP contribution in [0, 0.1) is 28.6 Å². The highest BCUT2D eigenvalue weighted by Gasteiger charge is 2.70. The maximum Gasteiger partial charge on any atom is 0.315 e. The van der Waals surface area contributed by atoms with Crippen molar-refractivity contribution in [1.82, 2.24) is 26.2 Å². The normalized spacial score (nSPS) is 27.7. The van der Waals surface area contributed by atoms with Gasteiger partial charge in [-0.3, -0.25) is 19.2 Å². The van der Waals surface area contributed by atoms with Crippen LogP contribution in [0.4, 0.5) is 4.79 Å². The molecule has 1 heterocycles. The van der Waals surface area contributed by atoms with Gasteiger partial charge in [0.1, 0.15) is 12.1 Å². The van der Waals surface area contributed by atoms with Crippen LogP contribution in [0.25, 0.3) is 0 Å². The average Bonchev–Trinajstić information content (AvgIpc) is 3.90. The van der Waals surface area contributed by atoms with Gasteiger partial charge in [-0.25, -0.2) is 13.2 Å². The van der Waals surface area contributed by atoms with E-state index in [0.29, 0.717) is 32.4 Å². The number of nitrogens with zero attached hydrogens (tertiary/aromatic N) is 1. The highest BCUT2D eigenvalue weighted by Crippen LogP contribution is 2.65. The predicted octanol–water partition coefficient (Wildman–Crippen LogP) is 4.01. The van der Waals surface area contributed by atoms with E-state index in [-0.39, 0.29) is 34.8 Å². The number of Topliss-reactive ketones (excluding diaryl/α,β-unsaturated/α-hetero) is 1. The maximum absolute atomic E-state index is 14.9. The molecule has 0 aromatic carbocycles. The van der Waals surface area contributed by atoms with Gasteiger partial charge in [0.15, 0.2) is 9.84 Å². The van der Waals surface area contributed by atoms with Crippen molar-refractivity contribution in [2.45, 2.75) is 160 Å². The Morgan fingerprint density at radius 2 is 1.45 bits per heavy atom. The topological polar surface area (TPSA) is 171 Å². The number of nitrogens with one attached hydrogen (secondary N) is 4. The molecular formula is C38H63N5O7S. The number of likely N-dealkylation sites (N-methyl/N-ethyl adjacent to an activating group) is 1. The Hall–Kier alpha value is -2.70. The lowest BCUT2D eigenvalue weighted by molar-refractivity contribution is -0.146. The van der Waals surface area contributed by atoms with Gasteiger partial charge >= 0.3 is 6.03 Å². The molecule has 1 aliphatic heterocycles. The number of carbonyl (C=O) groups is 5. The summed E-state index contributed by atoms with van der Waals surface area (Å²) in [6.45, 7) is 13.6. The predicted molar refractivity (Wildman–Crippen MR) is 195 cm³/mol. The fourth-order valence-corrected chi connectivity index (χ4v) is 10.8. The van der Waals surface area contributed by atoms with Crippen LogP contribution in [-0.2, 0) is 29.0 Å². The van der Waals surface area contributed by atoms with Crippen LogP contribution in [0.2, 0.25) is 0 Å². The fourth-order valence-electron chi connectivity index (χ4n) is 9.26. The van der Waals surface area contributed by atoms with Gasteiger partial charge in [-0.1, -0.05) is 72.1 Å². The molecule has 4 N–H and O–H groups in total. The molecule has 12 nitrogen and oxygen atoms in total. The molecule has 0 radical (unpaired) electrons. The van der Waals surface area contributed by atoms with E-state index >= 15 is 0 Å². The Labute approximate surface area is 305 Å². The van der Waals surface area contributed by atoms with Gasteiger partial charge in [0.25, 0.3) is 5.91 Å². The quantitative estimate of drug-likeness (QED) is 0.207. The fraction of sp³-hybridized carbons (Fsp3) is 0.868. The number of amides is 5. The first kappa shape index (κ1) is 39.5. The van der Waals surface area contributed by atoms with E-state index < -0.39 is 67.3 Å². The van der Waals surface area contributed by atoms with E-state index in [9.17, 15) is 32.4 Å². The van der Waals surface area contributed by atoms with E-state index in [0.717, 1.165) is 64.2 Å². The highest BCUT2D eigenvalue weighted by atomic mass is 32.2. The first-order valence-electron chi connectivity index (χ1n) is 19.5. The molecule has 0 bridgehead atoms. The molecule has 5 amide bonds. The average molecular weight is 734 g/mol. The summed E-state index contributed by atoms with van der Waals surface area (Å²) < 4.78 is 25.9. The number of rotatable bonds is 13. The zero-order chi connectivity index (χ0) is 37.6. The molecule has 0 aromatic heterocycles. The SMILES string of the molecule is CCNC(=O)C(=O)C(CC1CC1)NC(=O)[C@@H]1[C@@H]2[C@H](CN1C(=O)[C@@H](NC(=O)NC1(CS(=O)(=O)C(C)(C)C)CCCCC1)C1(C)CCCCC1)C2(C)C. The molecule has 5 aliphatic rings. The minimum Gasteiger partial charge on any atom is -0.350 e. The molecule has 5 rings (SSSR count). The van der Waals surface area contributed by atoms with Gasteiger partial charge < -0.3 is 26.2 Å². The van der Waals surface area contributed by atoms with Crippen LogP contribution >= 0.6 is 0 Å². The first-order valence-corrected chi connectivity index (χ1v) is 21.1. The summed E-state index contributed by atoms with van der Waals surface area (Å²) in [5.41, 5.74) is -1.70. The van der Waals surface area contributed by atoms with Gasteiger partial charge in [0.05, 0.1) is 22.1 Å². The van der Waals surface area contributed by atoms with E-state index in [1.165, 1.54) is 0 Å². The van der Waals surface area contributed by atoms with Crippen LogP contribution < -0.4 is 21.3 Å². The molecule has 1 unspecified atom stereocenters. The van der Waals surface area contributed by atoms with Crippen LogP contribution in [0.1, 0.15) is 132 Å². The number of ketones is 1. The number of carbonyl (C=O) groups excluding carboxylic acids is 5. The van der Waals surface area contributed by atoms with Crippen LogP contribution in [0.5, 0.6) is 0 Å². The summed E-state index contributed by atoms with van der Waals surface area (Å²) in [6.07, 6.45) is 10.2. The standard InChI is InChI=1S/C38H63N5O7S/c1-8-39-32(46)29(44)26(21-24-15-16-24)40-31(45)28-27-25(36(27,5)6)22-43(28)33(47)30(37(7)17-11-9-12-18-37)41-34(48)42-38(19-13-10-14-20-38)23-51(49,50)35(2,3)4/h24-28,30H,8-23H2,1-7H3,(H,39,46)(H,40,45)(H2,41,42,48)/t25-,26?,27-,28-,30+/m0/s1. The van der Waals surface area contributed by atoms with Gasteiger partial charge in [0, 0.05) is 13.1 Å². The van der Waals surface area contributed by atoms with Crippen molar-refractivity contribution in [3.8, 4) is 0 Å². The van der Waals surface area contributed by atoms with Crippen molar-refractivity contribution in [3.05, 3.63) is 0 Å². The van der Waals surface area contributed by atoms with Crippen molar-refractivity contribution in [2.24, 2.45) is 28.6 Å². The van der Waals surface area contributed by atoms with E-state index in [1.54, 1.807) is 32.6 Å². The molecule has 4 aliphatic carbocycles. The summed E-state index contributed by atoms with van der Waals surface area (Å²) in [5.74, 6) is -2.10. The molecule has 5 atom stereocenters. The van der Waals surface area contributed by atoms with Gasteiger partial charge in [-0.2, -0.15) is 0 Å². The number of urea groups is 1. The zero-order valence-corrected chi connectivity index (χ0v) is 32.8. The van der Waals surface area contributed by atoms with E-state index in [2.05, 4.69) is 35.1 Å². The maximum atomic E-state index is 14.9. The van der Waals surface area contributed by atoms with Gasteiger partial charge in [0.2, 0.25) is 17.6 Å². The molecule has 51 heavy (non-hydrogen) atoms. The Morgan fingerprint density at radius 3 is 2.00 bits per heavy atom. The number of hydrogen-bond acceptors (Lipinski definition) is 7. The Bertz CT molecular complexity index is 1470. The summed E-state index contributed by atoms with van der Waals surface area (Å²) in [7, 11) is -3.56. The number of fused-ring (bicyclic) bond motifs is 1. The second-order valence-corrected chi connectivity index (χ2v) is 21.1. The molecule has 288 valence electrons. The largest absolute Gasteiger partial charge is 0.350 e. The van der Waals surface area contributed by atoms with Crippen LogP contribution in [0.15, 0.2) is 0 Å². The molecule has 4 saturated carbocycles. The van der Waals surface area contributed by atoms with Crippen molar-refractivity contribution >= 4 is 39.4 Å². The molecule has 1 saturated heterocycles. The molecular weight excluding hydrogens is 671 g/mol. The number of likely N-dealkylation sites (tertiary alicyclic amines) is 1. The molecule has 5 fully saturated rings. The summed E-state index contributed by atoms with van der Waals surface area (Å²) in [5, 5.41) is 11.6. The smallest absolute Gasteiger partial charge is 0.315 e. The third kappa shape index (κ3) is 8.43. The Balaban J connectivity index is 1.40. The lowest BCUT2D eigenvalue weighted by atomic mass is 9.70. The number of piperidine rings is 1. The lowest BCUT2D eigenvalue weighted by Gasteiger charge is -2.44. The number of hydrogen-bond donors (Lipinski definition) is 4. The van der Waals surface area contributed by atoms with Crippen molar-refractivity contribution in [2.75, 3.05) is 18.8 Å². The lowest BCUT2D eigenvalue weighted by Crippen LogP contribution is -2.65. The highest BCUT2D eigenvalue weighted by molar-refractivity contribution is 7.92. The molecule has 0 aromatic rings. The zero-order valence-electron chi connectivity index (χ0n) is 32.0. The van der Waals surface area contributed by atoms with Crippen LogP contribution in [-0.4, -0.2) is 90.1 Å². The third-order valence-electron chi connectivity index (χ3n) is 13.0. The second kappa shape index (κ2) is 14.6. The van der Waals surface area contributed by atoms with Crippen molar-refractivity contribution < 1.29 is 32.4 Å². The van der Waals surface area contributed by atoms with E-state index in [4.69, 9.17) is 0 Å². The molecule has 0 spiro atoms. The minimum atomic E-state index is -3.56. The Kier molecular flexibility index (Phi) is 11.3. The summed E-state index contributed by atoms with van der Waals surface area (Å²) >= 11 is 0. The molecule has 13 heteroatoms. The summed E-state index contributed by atoms with van der Waals surface area (Å²) in [6, 6.07) is -3.31. The summed E-state index contributed by atoms with van der Waals surface area (Å²) in [4.78, 5) is 70.6. The van der Waals surface area contributed by atoms with Crippen LogP contribution in [0.3, 0.4) is 0 Å². The monoisotopic (exact) mass is 733 g/mol. The van der Waals surface area contributed by atoms with Crippen molar-refractivity contribution in [1.29, 1.82) is 0 Å².